The number of ether oxygens (including phenoxy) is 2. The van der Waals surface area contributed by atoms with Gasteiger partial charge in [0.1, 0.15) is 24.7 Å². The highest BCUT2D eigenvalue weighted by Crippen LogP contribution is 2.30. The number of hydrogen-bond donors (Lipinski definition) is 1. The predicted octanol–water partition coefficient (Wildman–Crippen LogP) is 3.01. The Bertz CT molecular complexity index is 948. The van der Waals surface area contributed by atoms with Gasteiger partial charge in [-0.2, -0.15) is 0 Å². The van der Waals surface area contributed by atoms with Crippen molar-refractivity contribution in [3.63, 3.8) is 0 Å². The van der Waals surface area contributed by atoms with Crippen molar-refractivity contribution in [3.8, 4) is 11.5 Å². The van der Waals surface area contributed by atoms with Gasteiger partial charge in [0, 0.05) is 0 Å². The molecule has 0 radical (unpaired) electrons. The Labute approximate surface area is 176 Å². The molecular weight excluding hydrogens is 416 g/mol. The van der Waals surface area contributed by atoms with Gasteiger partial charge in [0.2, 0.25) is 15.9 Å². The molecule has 0 aliphatic carbocycles. The minimum atomic E-state index is -3.70. The second-order valence-corrected chi connectivity index (χ2v) is 9.00. The maximum Gasteiger partial charge on any atom is 0.241 e. The molecule has 1 amide bonds. The number of nitrogens with one attached hydrogen (secondary N) is 1. The van der Waals surface area contributed by atoms with Crippen LogP contribution < -0.4 is 19.1 Å². The normalized spacial score (nSPS) is 12.2. The van der Waals surface area contributed by atoms with Crippen LogP contribution in [0.2, 0.25) is 5.02 Å². The molecule has 7 nitrogen and oxygen atoms in total. The molecule has 0 saturated heterocycles. The van der Waals surface area contributed by atoms with E-state index < -0.39 is 15.9 Å². The number of halogens is 1. The number of nitrogens with zero attached hydrogens (tertiary/aromatic N) is 1. The Morgan fingerprint density at radius 2 is 1.86 bits per heavy atom. The van der Waals surface area contributed by atoms with Crippen molar-refractivity contribution in [3.05, 3.63) is 53.1 Å². The molecule has 0 heterocycles. The Morgan fingerprint density at radius 1 is 1.21 bits per heavy atom. The Kier molecular flexibility index (Phi) is 7.75. The minimum Gasteiger partial charge on any atom is -0.495 e. The molecule has 29 heavy (non-hydrogen) atoms. The summed E-state index contributed by atoms with van der Waals surface area (Å²) in [4.78, 5) is 12.4. The first kappa shape index (κ1) is 22.8. The van der Waals surface area contributed by atoms with Crippen LogP contribution in [0.1, 0.15) is 12.5 Å². The van der Waals surface area contributed by atoms with Crippen molar-refractivity contribution in [2.45, 2.75) is 19.9 Å². The van der Waals surface area contributed by atoms with E-state index in [0.717, 1.165) is 16.1 Å². The van der Waals surface area contributed by atoms with E-state index in [4.69, 9.17) is 21.1 Å². The zero-order valence-corrected chi connectivity index (χ0v) is 18.4. The van der Waals surface area contributed by atoms with Crippen LogP contribution >= 0.6 is 11.6 Å². The van der Waals surface area contributed by atoms with E-state index in [1.54, 1.807) is 13.0 Å². The highest BCUT2D eigenvalue weighted by atomic mass is 35.5. The van der Waals surface area contributed by atoms with E-state index in [1.165, 1.54) is 19.2 Å². The fraction of sp³-hybridized carbons (Fsp3) is 0.350. The van der Waals surface area contributed by atoms with Crippen molar-refractivity contribution in [1.29, 1.82) is 0 Å². The third-order valence-electron chi connectivity index (χ3n) is 4.04. The number of anilines is 1. The van der Waals surface area contributed by atoms with E-state index >= 15 is 0 Å². The third kappa shape index (κ3) is 6.83. The van der Waals surface area contributed by atoms with E-state index in [-0.39, 0.29) is 29.9 Å². The average Bonchev–Trinajstić information content (AvgIpc) is 2.64. The number of aryl methyl sites for hydroxylation is 1. The molecule has 0 aromatic heterocycles. The number of rotatable bonds is 9. The van der Waals surface area contributed by atoms with Gasteiger partial charge in [-0.05, 0) is 44.2 Å². The van der Waals surface area contributed by atoms with E-state index in [9.17, 15) is 13.2 Å². The van der Waals surface area contributed by atoms with Gasteiger partial charge in [0.25, 0.3) is 0 Å². The van der Waals surface area contributed by atoms with E-state index in [0.29, 0.717) is 11.5 Å². The first-order valence-corrected chi connectivity index (χ1v) is 11.1. The summed E-state index contributed by atoms with van der Waals surface area (Å²) in [5.41, 5.74) is 1.40. The maximum absolute atomic E-state index is 12.4. The first-order chi connectivity index (χ1) is 13.6. The molecule has 0 fully saturated rings. The predicted molar refractivity (Wildman–Crippen MR) is 114 cm³/mol. The third-order valence-corrected chi connectivity index (χ3v) is 5.48. The molecule has 2 aromatic carbocycles. The minimum absolute atomic E-state index is 0.249. The molecule has 9 heteroatoms. The number of carbonyl (C=O) groups is 1. The van der Waals surface area contributed by atoms with Crippen molar-refractivity contribution in [2.24, 2.45) is 0 Å². The van der Waals surface area contributed by atoms with Crippen molar-refractivity contribution in [2.75, 3.05) is 30.8 Å². The van der Waals surface area contributed by atoms with Gasteiger partial charge in [-0.15, -0.1) is 0 Å². The fourth-order valence-corrected chi connectivity index (χ4v) is 3.66. The van der Waals surface area contributed by atoms with Gasteiger partial charge in [0.15, 0.2) is 0 Å². The molecule has 0 unspecified atom stereocenters. The molecule has 0 aliphatic rings. The molecule has 2 rings (SSSR count). The Morgan fingerprint density at radius 3 is 2.41 bits per heavy atom. The molecule has 1 atom stereocenters. The molecule has 2 aromatic rings. The summed E-state index contributed by atoms with van der Waals surface area (Å²) in [5, 5.41) is 2.99. The van der Waals surface area contributed by atoms with Crippen LogP contribution in [0.5, 0.6) is 11.5 Å². The topological polar surface area (TPSA) is 84.9 Å². The molecule has 0 saturated carbocycles. The van der Waals surface area contributed by atoms with Crippen LogP contribution in [0, 0.1) is 6.92 Å². The summed E-state index contributed by atoms with van der Waals surface area (Å²) in [7, 11) is -2.24. The van der Waals surface area contributed by atoms with E-state index in [1.807, 2.05) is 31.2 Å². The summed E-state index contributed by atoms with van der Waals surface area (Å²) in [6.07, 6.45) is 1.03. The lowest BCUT2D eigenvalue weighted by atomic mass is 10.2. The summed E-state index contributed by atoms with van der Waals surface area (Å²) < 4.78 is 36.1. The lowest BCUT2D eigenvalue weighted by Crippen LogP contribution is -2.44. The van der Waals surface area contributed by atoms with Crippen LogP contribution in [0.3, 0.4) is 0 Å². The van der Waals surface area contributed by atoms with Crippen LogP contribution in [0.15, 0.2) is 42.5 Å². The fourth-order valence-electron chi connectivity index (χ4n) is 2.56. The number of amides is 1. The highest BCUT2D eigenvalue weighted by Gasteiger charge is 2.22. The van der Waals surface area contributed by atoms with Gasteiger partial charge < -0.3 is 14.8 Å². The summed E-state index contributed by atoms with van der Waals surface area (Å²) in [6.45, 7) is 3.63. The smallest absolute Gasteiger partial charge is 0.241 e. The first-order valence-electron chi connectivity index (χ1n) is 8.90. The number of benzene rings is 2. The molecule has 0 bridgehead atoms. The van der Waals surface area contributed by atoms with Gasteiger partial charge in [0.05, 0.1) is 30.1 Å². The monoisotopic (exact) mass is 440 g/mol. The molecule has 0 aliphatic heterocycles. The van der Waals surface area contributed by atoms with Gasteiger partial charge in [-0.1, -0.05) is 29.3 Å². The Balaban J connectivity index is 2.00. The summed E-state index contributed by atoms with van der Waals surface area (Å²) in [5.74, 6) is 0.653. The summed E-state index contributed by atoms with van der Waals surface area (Å²) in [6, 6.07) is 11.8. The van der Waals surface area contributed by atoms with Crippen LogP contribution in [0.25, 0.3) is 0 Å². The maximum atomic E-state index is 12.4. The SMILES string of the molecule is COc1ccc(N(CC(=O)N[C@H](C)COc2ccc(C)cc2)S(C)(=O)=O)cc1Cl. The Hall–Kier alpha value is -2.45. The standard InChI is InChI=1S/C20H25ClN2O5S/c1-14-5-8-17(9-6-14)28-13-15(2)22-20(24)12-23(29(4,25)26)16-7-10-19(27-3)18(21)11-16/h5-11,15H,12-13H2,1-4H3,(H,22,24)/t15-/m1/s1. The second-order valence-electron chi connectivity index (χ2n) is 6.68. The average molecular weight is 441 g/mol. The van der Waals surface area contributed by atoms with Gasteiger partial charge in [-0.25, -0.2) is 8.42 Å². The van der Waals surface area contributed by atoms with Crippen LogP contribution in [-0.2, 0) is 14.8 Å². The molecular formula is C20H25ClN2O5S. The number of methoxy groups -OCH3 is 1. The lowest BCUT2D eigenvalue weighted by Gasteiger charge is -2.23. The second kappa shape index (κ2) is 9.84. The van der Waals surface area contributed by atoms with Crippen molar-refractivity contribution >= 4 is 33.2 Å². The zero-order chi connectivity index (χ0) is 21.6. The highest BCUT2D eigenvalue weighted by molar-refractivity contribution is 7.92. The quantitative estimate of drug-likeness (QED) is 0.647. The molecule has 0 spiro atoms. The van der Waals surface area contributed by atoms with Gasteiger partial charge in [-0.3, -0.25) is 9.10 Å². The zero-order valence-electron chi connectivity index (χ0n) is 16.8. The number of hydrogen-bond acceptors (Lipinski definition) is 5. The van der Waals surface area contributed by atoms with Crippen LogP contribution in [-0.4, -0.2) is 46.9 Å². The molecule has 1 N–H and O–H groups in total. The number of sulfonamides is 1. The molecule has 158 valence electrons. The van der Waals surface area contributed by atoms with Crippen molar-refractivity contribution in [1.82, 2.24) is 5.32 Å². The number of carbonyl (C=O) groups excluding carboxylic acids is 1. The van der Waals surface area contributed by atoms with Gasteiger partial charge >= 0.3 is 0 Å². The van der Waals surface area contributed by atoms with Crippen LogP contribution in [0.4, 0.5) is 5.69 Å². The largest absolute Gasteiger partial charge is 0.495 e. The summed E-state index contributed by atoms with van der Waals surface area (Å²) >= 11 is 6.09. The lowest BCUT2D eigenvalue weighted by molar-refractivity contribution is -0.120. The van der Waals surface area contributed by atoms with E-state index in [2.05, 4.69) is 5.32 Å². The van der Waals surface area contributed by atoms with Crippen molar-refractivity contribution < 1.29 is 22.7 Å².